The fourth-order valence-electron chi connectivity index (χ4n) is 6.14. The van der Waals surface area contributed by atoms with Gasteiger partial charge < -0.3 is 35.2 Å². The summed E-state index contributed by atoms with van der Waals surface area (Å²) in [7, 11) is 0. The largest absolute Gasteiger partial charge is 0.490 e. The SMILES string of the molecule is Nc1ncccc1OCCCCc1ccc2c(c1)C(=O)NCC(=O)N2c1ccc(C[C@@]2(C(=O)Oc3ccccc3)NC2(C=O)CC=O)cc1.O=C(O)C(F)(F)F. The number of hydrogen-bond donors (Lipinski definition) is 4. The highest BCUT2D eigenvalue weighted by Crippen LogP contribution is 2.44. The maximum Gasteiger partial charge on any atom is 0.490 e. The summed E-state index contributed by atoms with van der Waals surface area (Å²) in [6.07, 6.45) is -0.179. The van der Waals surface area contributed by atoms with E-state index in [4.69, 9.17) is 25.1 Å². The summed E-state index contributed by atoms with van der Waals surface area (Å²) in [6, 6.07) is 24.4. The quantitative estimate of drug-likeness (QED) is 0.0468. The van der Waals surface area contributed by atoms with Crippen LogP contribution in [-0.4, -0.2) is 76.8 Å². The molecule has 0 aliphatic carbocycles. The van der Waals surface area contributed by atoms with Gasteiger partial charge in [-0.15, -0.1) is 0 Å². The van der Waals surface area contributed by atoms with Gasteiger partial charge in [-0.25, -0.2) is 14.6 Å². The number of anilines is 3. The molecular formula is C39H36F3N5O9. The molecule has 292 valence electrons. The number of rotatable bonds is 14. The van der Waals surface area contributed by atoms with E-state index in [1.807, 2.05) is 6.07 Å². The molecule has 0 saturated carbocycles. The van der Waals surface area contributed by atoms with Crippen LogP contribution in [0.1, 0.15) is 40.7 Å². The smallest absolute Gasteiger partial charge is 0.490 e. The maximum absolute atomic E-state index is 13.4. The molecule has 56 heavy (non-hydrogen) atoms. The Morgan fingerprint density at radius 1 is 0.964 bits per heavy atom. The first-order chi connectivity index (χ1) is 26.7. The lowest BCUT2D eigenvalue weighted by molar-refractivity contribution is -0.192. The Labute approximate surface area is 317 Å². The van der Waals surface area contributed by atoms with Gasteiger partial charge in [0.1, 0.15) is 29.4 Å². The monoisotopic (exact) mass is 775 g/mol. The van der Waals surface area contributed by atoms with Gasteiger partial charge in [0, 0.05) is 24.7 Å². The summed E-state index contributed by atoms with van der Waals surface area (Å²) in [5, 5.41) is 12.8. The molecule has 1 unspecified atom stereocenters. The van der Waals surface area contributed by atoms with Crippen molar-refractivity contribution < 1.29 is 56.5 Å². The molecule has 0 radical (unpaired) electrons. The van der Waals surface area contributed by atoms with Crippen molar-refractivity contribution in [2.24, 2.45) is 0 Å². The molecule has 5 N–H and O–H groups in total. The van der Waals surface area contributed by atoms with Gasteiger partial charge in [0.15, 0.2) is 11.6 Å². The fourth-order valence-corrected chi connectivity index (χ4v) is 6.14. The van der Waals surface area contributed by atoms with E-state index in [0.29, 0.717) is 65.4 Å². The molecule has 14 nitrogen and oxygen atoms in total. The number of aromatic nitrogens is 1. The number of fused-ring (bicyclic) bond motifs is 1. The molecule has 0 spiro atoms. The van der Waals surface area contributed by atoms with Gasteiger partial charge in [-0.2, -0.15) is 13.2 Å². The van der Waals surface area contributed by atoms with E-state index in [2.05, 4.69) is 15.6 Å². The molecule has 2 amide bonds. The number of carboxylic acids is 1. The van der Waals surface area contributed by atoms with E-state index in [9.17, 15) is 37.1 Å². The first-order valence-electron chi connectivity index (χ1n) is 17.2. The van der Waals surface area contributed by atoms with Crippen LogP contribution < -0.4 is 30.7 Å². The van der Waals surface area contributed by atoms with Crippen molar-refractivity contribution in [2.75, 3.05) is 23.8 Å². The maximum atomic E-state index is 13.4. The Balaban J connectivity index is 0.000000784. The average molecular weight is 776 g/mol. The number of carbonyl (C=O) groups excluding carboxylic acids is 5. The predicted molar refractivity (Wildman–Crippen MR) is 194 cm³/mol. The summed E-state index contributed by atoms with van der Waals surface area (Å²) in [6.45, 7) is 0.281. The number of nitrogens with zero attached hydrogens (tertiary/aromatic N) is 2. The number of amides is 2. The second-order valence-corrected chi connectivity index (χ2v) is 12.8. The summed E-state index contributed by atoms with van der Waals surface area (Å²) >= 11 is 0. The van der Waals surface area contributed by atoms with Crippen molar-refractivity contribution in [1.82, 2.24) is 15.6 Å². The number of aryl methyl sites for hydroxylation is 1. The van der Waals surface area contributed by atoms with Crippen LogP contribution in [0.2, 0.25) is 0 Å². The van der Waals surface area contributed by atoms with Crippen molar-refractivity contribution >= 4 is 53.5 Å². The lowest BCUT2D eigenvalue weighted by Crippen LogP contribution is -2.41. The normalized spacial score (nSPS) is 18.6. The minimum absolute atomic E-state index is 0.0557. The third kappa shape index (κ3) is 9.18. The summed E-state index contributed by atoms with van der Waals surface area (Å²) in [4.78, 5) is 77.9. The zero-order chi connectivity index (χ0) is 40.5. The van der Waals surface area contributed by atoms with Crippen molar-refractivity contribution in [3.63, 3.8) is 0 Å². The average Bonchev–Trinajstić information content (AvgIpc) is 3.85. The molecule has 1 saturated heterocycles. The molecule has 0 bridgehead atoms. The van der Waals surface area contributed by atoms with Crippen LogP contribution in [0.3, 0.4) is 0 Å². The number of pyridine rings is 1. The number of hydrogen-bond acceptors (Lipinski definition) is 11. The number of carbonyl (C=O) groups is 6. The second-order valence-electron chi connectivity index (χ2n) is 12.8. The van der Waals surface area contributed by atoms with Crippen molar-refractivity contribution in [3.8, 4) is 11.5 Å². The molecule has 1 aromatic heterocycles. The van der Waals surface area contributed by atoms with E-state index >= 15 is 0 Å². The Kier molecular flexibility index (Phi) is 12.5. The molecular weight excluding hydrogens is 739 g/mol. The van der Waals surface area contributed by atoms with E-state index in [-0.39, 0.29) is 31.2 Å². The van der Waals surface area contributed by atoms with Crippen LogP contribution in [0, 0.1) is 0 Å². The van der Waals surface area contributed by atoms with Crippen molar-refractivity contribution in [3.05, 3.63) is 108 Å². The van der Waals surface area contributed by atoms with E-state index in [1.54, 1.807) is 85.1 Å². The molecule has 6 rings (SSSR count). The van der Waals surface area contributed by atoms with Crippen LogP contribution in [0.25, 0.3) is 0 Å². The summed E-state index contributed by atoms with van der Waals surface area (Å²) in [5.41, 5.74) is 5.93. The number of para-hydroxylation sites is 1. The minimum atomic E-state index is -5.08. The Morgan fingerprint density at radius 3 is 2.30 bits per heavy atom. The number of aldehydes is 2. The molecule has 3 aromatic carbocycles. The lowest BCUT2D eigenvalue weighted by Gasteiger charge is -2.23. The minimum Gasteiger partial charge on any atom is -0.490 e. The number of ether oxygens (including phenoxy) is 2. The van der Waals surface area contributed by atoms with Gasteiger partial charge in [-0.3, -0.25) is 19.8 Å². The number of unbranched alkanes of at least 4 members (excludes halogenated alkanes) is 1. The zero-order valence-corrected chi connectivity index (χ0v) is 29.6. The fraction of sp³-hybridized carbons (Fsp3) is 0.256. The number of aliphatic carboxylic acids is 1. The third-order valence-corrected chi connectivity index (χ3v) is 9.06. The Morgan fingerprint density at radius 2 is 1.66 bits per heavy atom. The third-order valence-electron chi connectivity index (χ3n) is 9.06. The second kappa shape index (κ2) is 17.2. The number of esters is 1. The highest BCUT2D eigenvalue weighted by molar-refractivity contribution is 6.13. The first-order valence-corrected chi connectivity index (χ1v) is 17.2. The number of halogens is 3. The molecule has 2 atom stereocenters. The Bertz CT molecular complexity index is 2100. The van der Waals surface area contributed by atoms with Crippen LogP contribution in [0.15, 0.2) is 91.1 Å². The number of benzene rings is 3. The van der Waals surface area contributed by atoms with Crippen molar-refractivity contribution in [1.29, 1.82) is 0 Å². The zero-order valence-electron chi connectivity index (χ0n) is 29.6. The van der Waals surface area contributed by atoms with Crippen LogP contribution in [-0.2, 0) is 36.8 Å². The standard InChI is InChI=1S/C37H35N5O7.C2HF3O2/c38-33-31(10-6-18-39-33)48-20-5-4-7-25-13-16-30-29(21-25)34(46)40-23-32(45)42(30)27-14-11-26(12-15-27)22-37(36(24-44,41-37)17-19-43)35(47)49-28-8-2-1-3-9-28;3-2(4,5)1(6)7/h1-3,6,8-16,18-19,21,24,41H,4-5,7,17,20,22-23H2,(H2,38,39)(H,40,46);(H,6,7)/t36?,37-;/m0./s1. The lowest BCUT2D eigenvalue weighted by atomic mass is 9.85. The molecule has 2 aliphatic rings. The number of alkyl halides is 3. The number of carboxylic acid groups (broad SMARTS) is 1. The number of nitrogens with two attached hydrogens (primary N) is 1. The van der Waals surface area contributed by atoms with E-state index in [1.165, 1.54) is 4.90 Å². The highest BCUT2D eigenvalue weighted by Gasteiger charge is 2.72. The van der Waals surface area contributed by atoms with Crippen molar-refractivity contribution in [2.45, 2.75) is 49.4 Å². The molecule has 17 heteroatoms. The molecule has 2 aliphatic heterocycles. The van der Waals surface area contributed by atoms with Gasteiger partial charge in [-0.05, 0) is 78.9 Å². The van der Waals surface area contributed by atoms with Crippen LogP contribution in [0.4, 0.5) is 30.4 Å². The predicted octanol–water partition coefficient (Wildman–Crippen LogP) is 4.12. The number of nitrogen functional groups attached to an aromatic ring is 1. The van der Waals surface area contributed by atoms with E-state index < -0.39 is 29.2 Å². The van der Waals surface area contributed by atoms with Gasteiger partial charge in [0.05, 0.1) is 24.4 Å². The van der Waals surface area contributed by atoms with Crippen LogP contribution in [0.5, 0.6) is 11.5 Å². The van der Waals surface area contributed by atoms with E-state index in [0.717, 1.165) is 18.4 Å². The molecule has 1 fully saturated rings. The highest BCUT2D eigenvalue weighted by atomic mass is 19.4. The van der Waals surface area contributed by atoms with Crippen LogP contribution >= 0.6 is 0 Å². The van der Waals surface area contributed by atoms with Gasteiger partial charge in [0.2, 0.25) is 0 Å². The molecule has 4 aromatic rings. The summed E-state index contributed by atoms with van der Waals surface area (Å²) < 4.78 is 43.1. The Hall–Kier alpha value is -6.62. The van der Waals surface area contributed by atoms with Gasteiger partial charge >= 0.3 is 18.1 Å². The molecule has 3 heterocycles. The first kappa shape index (κ1) is 40.6. The van der Waals surface area contributed by atoms with Gasteiger partial charge in [0.25, 0.3) is 11.8 Å². The topological polar surface area (TPSA) is 217 Å². The number of nitrogens with one attached hydrogen (secondary N) is 2. The van der Waals surface area contributed by atoms with Gasteiger partial charge in [-0.1, -0.05) is 36.4 Å². The summed E-state index contributed by atoms with van der Waals surface area (Å²) in [5.74, 6) is -2.91.